The monoisotopic (exact) mass is 527 g/mol. The fourth-order valence-electron chi connectivity index (χ4n) is 4.63. The number of hydrogen-bond acceptors (Lipinski definition) is 10. The van der Waals surface area contributed by atoms with E-state index in [9.17, 15) is 0 Å². The molecule has 1 aromatic carbocycles. The molecule has 0 bridgehead atoms. The van der Waals surface area contributed by atoms with E-state index in [1.807, 2.05) is 39.3 Å². The molecular weight excluding hydrogens is 490 g/mol. The van der Waals surface area contributed by atoms with Crippen LogP contribution < -0.4 is 25.6 Å². The summed E-state index contributed by atoms with van der Waals surface area (Å²) in [5.74, 6) is 8.68. The van der Waals surface area contributed by atoms with E-state index in [1.165, 1.54) is 19.2 Å². The molecule has 5 rings (SSSR count). The van der Waals surface area contributed by atoms with Crippen LogP contribution in [0.3, 0.4) is 0 Å². The third kappa shape index (κ3) is 5.83. The van der Waals surface area contributed by atoms with Gasteiger partial charge in [-0.2, -0.15) is 4.98 Å². The first-order valence-electron chi connectivity index (χ1n) is 13.2. The molecule has 10 nitrogen and oxygen atoms in total. The van der Waals surface area contributed by atoms with Crippen molar-refractivity contribution in [2.45, 2.75) is 32.1 Å². The fourth-order valence-corrected chi connectivity index (χ4v) is 4.63. The number of benzene rings is 1. The molecule has 39 heavy (non-hydrogen) atoms. The van der Waals surface area contributed by atoms with E-state index in [0.717, 1.165) is 35.9 Å². The summed E-state index contributed by atoms with van der Waals surface area (Å²) in [5, 5.41) is 3.28. The molecular formula is C29H37N9O. The van der Waals surface area contributed by atoms with Crippen LogP contribution in [0, 0.1) is 17.8 Å². The first kappa shape index (κ1) is 26.5. The van der Waals surface area contributed by atoms with Crippen LogP contribution in [-0.2, 0) is 5.41 Å². The van der Waals surface area contributed by atoms with Gasteiger partial charge in [0.2, 0.25) is 11.9 Å². The minimum absolute atomic E-state index is 0.182. The number of pyridine rings is 1. The van der Waals surface area contributed by atoms with Crippen molar-refractivity contribution in [3.8, 4) is 17.6 Å². The number of methoxy groups -OCH3 is 1. The average molecular weight is 528 g/mol. The molecule has 2 aliphatic rings. The van der Waals surface area contributed by atoms with Crippen LogP contribution in [-0.4, -0.2) is 72.7 Å². The highest BCUT2D eigenvalue weighted by Crippen LogP contribution is 2.42. The van der Waals surface area contributed by atoms with Crippen LogP contribution >= 0.6 is 0 Å². The zero-order chi connectivity index (χ0) is 27.7. The van der Waals surface area contributed by atoms with E-state index >= 15 is 0 Å². The molecule has 0 amide bonds. The minimum atomic E-state index is -0.182. The summed E-state index contributed by atoms with van der Waals surface area (Å²) in [7, 11) is 7.76. The molecule has 3 N–H and O–H groups in total. The van der Waals surface area contributed by atoms with E-state index in [0.29, 0.717) is 41.5 Å². The van der Waals surface area contributed by atoms with Gasteiger partial charge < -0.3 is 30.5 Å². The number of nitrogens with two attached hydrogens (primary N) is 1. The molecule has 3 heterocycles. The number of likely N-dealkylation sites (N-methyl/N-ethyl adjacent to an activating group) is 2. The molecule has 3 aromatic rings. The van der Waals surface area contributed by atoms with Crippen LogP contribution in [0.1, 0.15) is 38.1 Å². The molecule has 0 radical (unpaired) electrons. The van der Waals surface area contributed by atoms with Gasteiger partial charge in [-0.05, 0) is 51.1 Å². The molecule has 0 unspecified atom stereocenters. The molecule has 2 aromatic heterocycles. The number of rotatable bonds is 8. The summed E-state index contributed by atoms with van der Waals surface area (Å²) in [4.78, 5) is 24.8. The van der Waals surface area contributed by atoms with Gasteiger partial charge in [-0.1, -0.05) is 19.8 Å². The van der Waals surface area contributed by atoms with Crippen molar-refractivity contribution >= 4 is 34.6 Å². The number of nitrogens with zero attached hydrogens (tertiary/aromatic N) is 7. The SMILES string of the molecule is COc1cc(N(C)CCN(C)C)c(N)cc1Nc1ncnc(N2CC(C)(C)c3nc(C#CC4CC4)ccc32)n1. The average Bonchev–Trinajstić information content (AvgIpc) is 3.70. The van der Waals surface area contributed by atoms with E-state index < -0.39 is 0 Å². The van der Waals surface area contributed by atoms with Crippen LogP contribution in [0.15, 0.2) is 30.6 Å². The molecule has 204 valence electrons. The molecule has 10 heteroatoms. The van der Waals surface area contributed by atoms with Crippen LogP contribution in [0.4, 0.5) is 34.6 Å². The Hall–Kier alpha value is -4.10. The summed E-state index contributed by atoms with van der Waals surface area (Å²) in [6.45, 7) is 6.81. The summed E-state index contributed by atoms with van der Waals surface area (Å²) < 4.78 is 5.69. The van der Waals surface area contributed by atoms with Gasteiger partial charge in [-0.25, -0.2) is 15.0 Å². The van der Waals surface area contributed by atoms with Crippen LogP contribution in [0.2, 0.25) is 0 Å². The van der Waals surface area contributed by atoms with Gasteiger partial charge in [0.25, 0.3) is 0 Å². The van der Waals surface area contributed by atoms with Gasteiger partial charge in [-0.3, -0.25) is 0 Å². The Balaban J connectivity index is 1.39. The Labute approximate surface area is 230 Å². The maximum atomic E-state index is 6.44. The molecule has 1 aliphatic heterocycles. The van der Waals surface area contributed by atoms with Gasteiger partial charge in [0.15, 0.2) is 0 Å². The number of hydrogen-bond donors (Lipinski definition) is 2. The van der Waals surface area contributed by atoms with Crippen molar-refractivity contribution < 1.29 is 4.74 Å². The van der Waals surface area contributed by atoms with Crippen LogP contribution in [0.5, 0.6) is 5.75 Å². The number of aromatic nitrogens is 4. The smallest absolute Gasteiger partial charge is 0.234 e. The third-order valence-corrected chi connectivity index (χ3v) is 7.03. The van der Waals surface area contributed by atoms with Gasteiger partial charge in [-0.15, -0.1) is 0 Å². The first-order chi connectivity index (χ1) is 18.6. The predicted octanol–water partition coefficient (Wildman–Crippen LogP) is 3.79. The van der Waals surface area contributed by atoms with E-state index in [-0.39, 0.29) is 5.41 Å². The number of nitrogens with one attached hydrogen (secondary N) is 1. The highest BCUT2D eigenvalue weighted by Gasteiger charge is 2.38. The highest BCUT2D eigenvalue weighted by atomic mass is 16.5. The predicted molar refractivity (Wildman–Crippen MR) is 156 cm³/mol. The second-order valence-corrected chi connectivity index (χ2v) is 11.1. The second kappa shape index (κ2) is 10.6. The Morgan fingerprint density at radius 3 is 2.64 bits per heavy atom. The Morgan fingerprint density at radius 1 is 1.13 bits per heavy atom. The van der Waals surface area contributed by atoms with Gasteiger partial charge >= 0.3 is 0 Å². The maximum Gasteiger partial charge on any atom is 0.234 e. The lowest BCUT2D eigenvalue weighted by Crippen LogP contribution is -2.29. The Morgan fingerprint density at radius 2 is 1.92 bits per heavy atom. The molecule has 0 spiro atoms. The number of ether oxygens (including phenoxy) is 1. The molecule has 1 fully saturated rings. The van der Waals surface area contributed by atoms with Gasteiger partial charge in [0, 0.05) is 44.1 Å². The van der Waals surface area contributed by atoms with E-state index in [2.05, 4.69) is 61.7 Å². The largest absolute Gasteiger partial charge is 0.494 e. The Bertz CT molecular complexity index is 1420. The second-order valence-electron chi connectivity index (χ2n) is 11.1. The summed E-state index contributed by atoms with van der Waals surface area (Å²) in [6.07, 6.45) is 3.91. The Kier molecular flexibility index (Phi) is 7.19. The first-order valence-corrected chi connectivity index (χ1v) is 13.2. The summed E-state index contributed by atoms with van der Waals surface area (Å²) >= 11 is 0. The van der Waals surface area contributed by atoms with Crippen molar-refractivity contribution in [1.82, 2.24) is 24.8 Å². The topological polar surface area (TPSA) is 109 Å². The van der Waals surface area contributed by atoms with Gasteiger partial charge in [0.05, 0.1) is 35.6 Å². The third-order valence-electron chi connectivity index (χ3n) is 7.03. The normalized spacial score (nSPS) is 15.5. The van der Waals surface area contributed by atoms with Crippen molar-refractivity contribution in [3.63, 3.8) is 0 Å². The van der Waals surface area contributed by atoms with Crippen molar-refractivity contribution in [2.24, 2.45) is 5.92 Å². The molecule has 0 saturated heterocycles. The highest BCUT2D eigenvalue weighted by molar-refractivity contribution is 5.79. The maximum absolute atomic E-state index is 6.44. The zero-order valence-electron chi connectivity index (χ0n) is 23.6. The summed E-state index contributed by atoms with van der Waals surface area (Å²) in [6, 6.07) is 7.84. The minimum Gasteiger partial charge on any atom is -0.494 e. The van der Waals surface area contributed by atoms with Crippen molar-refractivity contribution in [1.29, 1.82) is 0 Å². The standard InChI is InChI=1S/C29H37N9O/c1-29(2)17-38(23-12-11-20(33-26(23)29)10-9-19-7-8-19)28-32-18-31-27(35-28)34-22-15-21(30)24(16-25(22)39-6)37(5)14-13-36(3)4/h11-12,15-16,18-19H,7-8,13-14,17,30H2,1-6H3,(H,31,32,34,35). The molecule has 0 atom stereocenters. The van der Waals surface area contributed by atoms with Gasteiger partial charge in [0.1, 0.15) is 17.8 Å². The number of nitrogen functional groups attached to an aromatic ring is 1. The lowest BCUT2D eigenvalue weighted by molar-refractivity contribution is 0.413. The number of fused-ring (bicyclic) bond motifs is 1. The summed E-state index contributed by atoms with van der Waals surface area (Å²) in [5.41, 5.74) is 11.3. The van der Waals surface area contributed by atoms with Crippen molar-refractivity contribution in [3.05, 3.63) is 42.0 Å². The zero-order valence-corrected chi connectivity index (χ0v) is 23.6. The van der Waals surface area contributed by atoms with E-state index in [1.54, 1.807) is 7.11 Å². The van der Waals surface area contributed by atoms with Crippen LogP contribution in [0.25, 0.3) is 0 Å². The molecule has 1 aliphatic carbocycles. The lowest BCUT2D eigenvalue weighted by Gasteiger charge is -2.24. The lowest BCUT2D eigenvalue weighted by atomic mass is 9.91. The van der Waals surface area contributed by atoms with E-state index in [4.69, 9.17) is 20.4 Å². The quantitative estimate of drug-likeness (QED) is 0.332. The number of anilines is 6. The fraction of sp³-hybridized carbons (Fsp3) is 0.448. The van der Waals surface area contributed by atoms with Crippen molar-refractivity contribution in [2.75, 3.05) is 68.7 Å². The molecule has 1 saturated carbocycles.